The van der Waals surface area contributed by atoms with Gasteiger partial charge in [0.15, 0.2) is 4.96 Å². The lowest BCUT2D eigenvalue weighted by atomic mass is 10.1. The number of hydrogen-bond acceptors (Lipinski definition) is 5. The minimum atomic E-state index is -0.383. The van der Waals surface area contributed by atoms with E-state index in [1.165, 1.54) is 24.5 Å². The van der Waals surface area contributed by atoms with E-state index in [9.17, 15) is 9.18 Å². The second-order valence-electron chi connectivity index (χ2n) is 6.44. The zero-order valence-electron chi connectivity index (χ0n) is 15.7. The number of rotatable bonds is 5. The fraction of sp³-hybridized carbons (Fsp3) is 0.143. The molecule has 4 rings (SSSR count). The van der Waals surface area contributed by atoms with Gasteiger partial charge in [-0.2, -0.15) is 0 Å². The van der Waals surface area contributed by atoms with Crippen molar-refractivity contribution in [3.63, 3.8) is 0 Å². The monoisotopic (exact) mass is 429 g/mol. The number of thiazole rings is 1. The van der Waals surface area contributed by atoms with Crippen LogP contribution in [0.1, 0.15) is 11.3 Å². The van der Waals surface area contributed by atoms with Gasteiger partial charge in [-0.15, -0.1) is 11.3 Å². The molecule has 29 heavy (non-hydrogen) atoms. The minimum absolute atomic E-state index is 0.0692. The van der Waals surface area contributed by atoms with Crippen molar-refractivity contribution in [3.05, 3.63) is 69.9 Å². The van der Waals surface area contributed by atoms with Crippen molar-refractivity contribution in [1.29, 1.82) is 0 Å². The molecule has 0 saturated carbocycles. The summed E-state index contributed by atoms with van der Waals surface area (Å²) in [5, 5.41) is 5.71. The van der Waals surface area contributed by atoms with Gasteiger partial charge < -0.3 is 10.1 Å². The Labute approximate surface area is 175 Å². The minimum Gasteiger partial charge on any atom is -0.469 e. The lowest BCUT2D eigenvalue weighted by Crippen LogP contribution is -2.08. The van der Waals surface area contributed by atoms with Crippen LogP contribution in [0.3, 0.4) is 0 Å². The number of halogens is 2. The largest absolute Gasteiger partial charge is 0.469 e. The molecule has 1 N–H and O–H groups in total. The molecule has 0 amide bonds. The summed E-state index contributed by atoms with van der Waals surface area (Å²) in [4.78, 5) is 17.1. The molecule has 2 aromatic carbocycles. The zero-order valence-corrected chi connectivity index (χ0v) is 17.3. The van der Waals surface area contributed by atoms with Gasteiger partial charge in [-0.1, -0.05) is 35.9 Å². The number of nitrogens with one attached hydrogen (secondary N) is 1. The average Bonchev–Trinajstić information content (AvgIpc) is 3.25. The van der Waals surface area contributed by atoms with Gasteiger partial charge in [-0.25, -0.2) is 9.37 Å². The van der Waals surface area contributed by atoms with Crippen molar-refractivity contribution < 1.29 is 13.9 Å². The fourth-order valence-electron chi connectivity index (χ4n) is 3.12. The summed E-state index contributed by atoms with van der Waals surface area (Å²) in [6.07, 6.45) is 0.0692. The van der Waals surface area contributed by atoms with Gasteiger partial charge >= 0.3 is 5.97 Å². The van der Waals surface area contributed by atoms with Crippen LogP contribution in [-0.4, -0.2) is 22.5 Å². The first kappa shape index (κ1) is 19.4. The third-order valence-corrected chi connectivity index (χ3v) is 5.77. The van der Waals surface area contributed by atoms with Gasteiger partial charge in [0.1, 0.15) is 17.3 Å². The quantitative estimate of drug-likeness (QED) is 0.418. The summed E-state index contributed by atoms with van der Waals surface area (Å²) < 4.78 is 21.2. The molecule has 5 nitrogen and oxygen atoms in total. The maximum Gasteiger partial charge on any atom is 0.311 e. The van der Waals surface area contributed by atoms with Crippen LogP contribution in [0.15, 0.2) is 47.8 Å². The molecule has 2 aromatic heterocycles. The molecule has 0 aliphatic carbocycles. The molecule has 2 heterocycles. The van der Waals surface area contributed by atoms with Crippen LogP contribution in [0.25, 0.3) is 16.2 Å². The number of hydrogen-bond donors (Lipinski definition) is 1. The van der Waals surface area contributed by atoms with E-state index in [0.717, 1.165) is 5.56 Å². The molecule has 0 saturated heterocycles. The summed E-state index contributed by atoms with van der Waals surface area (Å²) in [7, 11) is 1.34. The van der Waals surface area contributed by atoms with Crippen LogP contribution in [0.5, 0.6) is 0 Å². The normalized spacial score (nSPS) is 11.0. The summed E-state index contributed by atoms with van der Waals surface area (Å²) in [6, 6.07) is 12.0. The fourth-order valence-corrected chi connectivity index (χ4v) is 4.28. The zero-order chi connectivity index (χ0) is 20.5. The van der Waals surface area contributed by atoms with Gasteiger partial charge in [-0.05, 0) is 30.7 Å². The maximum atomic E-state index is 14.6. The van der Waals surface area contributed by atoms with Crippen molar-refractivity contribution in [2.75, 3.05) is 12.4 Å². The number of benzene rings is 2. The number of methoxy groups -OCH3 is 1. The SMILES string of the molecule is COC(=O)Cc1csc2nc(-c3ccccc3F)c(Nc3c(C)cccc3Cl)n12. The van der Waals surface area contributed by atoms with Crippen LogP contribution in [0.2, 0.25) is 5.02 Å². The molecule has 0 bridgehead atoms. The Balaban J connectivity index is 1.95. The van der Waals surface area contributed by atoms with Crippen molar-refractivity contribution in [3.8, 4) is 11.3 Å². The van der Waals surface area contributed by atoms with E-state index in [0.29, 0.717) is 38.4 Å². The van der Waals surface area contributed by atoms with E-state index in [-0.39, 0.29) is 18.2 Å². The number of imidazole rings is 1. The van der Waals surface area contributed by atoms with Crippen molar-refractivity contribution in [2.24, 2.45) is 0 Å². The third kappa shape index (κ3) is 3.59. The number of aromatic nitrogens is 2. The average molecular weight is 430 g/mol. The predicted molar refractivity (Wildman–Crippen MR) is 114 cm³/mol. The van der Waals surface area contributed by atoms with Crippen LogP contribution < -0.4 is 5.32 Å². The smallest absolute Gasteiger partial charge is 0.311 e. The maximum absolute atomic E-state index is 14.6. The van der Waals surface area contributed by atoms with E-state index in [2.05, 4.69) is 10.3 Å². The summed E-state index contributed by atoms with van der Waals surface area (Å²) >= 11 is 7.78. The molecule has 0 unspecified atom stereocenters. The highest BCUT2D eigenvalue weighted by Crippen LogP contribution is 2.38. The third-order valence-electron chi connectivity index (χ3n) is 4.58. The van der Waals surface area contributed by atoms with Gasteiger partial charge in [0, 0.05) is 16.6 Å². The molecule has 148 valence electrons. The lowest BCUT2D eigenvalue weighted by molar-refractivity contribution is -0.139. The number of carbonyl (C=O) groups excluding carboxylic acids is 1. The topological polar surface area (TPSA) is 55.6 Å². The first-order valence-corrected chi connectivity index (χ1v) is 10.1. The van der Waals surface area contributed by atoms with Crippen molar-refractivity contribution in [2.45, 2.75) is 13.3 Å². The highest BCUT2D eigenvalue weighted by Gasteiger charge is 2.22. The van der Waals surface area contributed by atoms with Gasteiger partial charge in [0.25, 0.3) is 0 Å². The second kappa shape index (κ2) is 7.85. The van der Waals surface area contributed by atoms with E-state index in [4.69, 9.17) is 16.3 Å². The number of aryl methyl sites for hydroxylation is 1. The molecular formula is C21H17ClFN3O2S. The Hall–Kier alpha value is -2.90. The number of ether oxygens (including phenoxy) is 1. The molecular weight excluding hydrogens is 413 g/mol. The molecule has 0 spiro atoms. The molecule has 0 radical (unpaired) electrons. The Bertz CT molecular complexity index is 1200. The molecule has 8 heteroatoms. The Morgan fingerprint density at radius 3 is 2.79 bits per heavy atom. The summed E-state index contributed by atoms with van der Waals surface area (Å²) in [6.45, 7) is 1.93. The number of nitrogens with zero attached hydrogens (tertiary/aromatic N) is 2. The highest BCUT2D eigenvalue weighted by molar-refractivity contribution is 7.15. The first-order chi connectivity index (χ1) is 14.0. The van der Waals surface area contributed by atoms with Crippen LogP contribution >= 0.6 is 22.9 Å². The van der Waals surface area contributed by atoms with Crippen LogP contribution in [0.4, 0.5) is 15.9 Å². The van der Waals surface area contributed by atoms with E-state index >= 15 is 0 Å². The van der Waals surface area contributed by atoms with E-state index < -0.39 is 0 Å². The Morgan fingerprint density at radius 2 is 2.07 bits per heavy atom. The number of esters is 1. The molecule has 0 fully saturated rings. The first-order valence-electron chi connectivity index (χ1n) is 8.82. The molecule has 4 aromatic rings. The van der Waals surface area contributed by atoms with E-state index in [1.807, 2.05) is 28.8 Å². The Morgan fingerprint density at radius 1 is 1.28 bits per heavy atom. The van der Waals surface area contributed by atoms with Crippen LogP contribution in [-0.2, 0) is 16.0 Å². The molecule has 0 aliphatic heterocycles. The van der Waals surface area contributed by atoms with Gasteiger partial charge in [0.05, 0.1) is 24.2 Å². The lowest BCUT2D eigenvalue weighted by Gasteiger charge is -2.14. The van der Waals surface area contributed by atoms with E-state index in [1.54, 1.807) is 24.3 Å². The van der Waals surface area contributed by atoms with Gasteiger partial charge in [0.2, 0.25) is 0 Å². The van der Waals surface area contributed by atoms with Crippen molar-refractivity contribution in [1.82, 2.24) is 9.38 Å². The second-order valence-corrected chi connectivity index (χ2v) is 7.69. The molecule has 0 aliphatic rings. The Kier molecular flexibility index (Phi) is 5.25. The number of carbonyl (C=O) groups is 1. The predicted octanol–water partition coefficient (Wildman–Crippen LogP) is 5.62. The molecule has 0 atom stereocenters. The number of anilines is 2. The summed E-state index contributed by atoms with van der Waals surface area (Å²) in [5.41, 5.74) is 3.12. The summed E-state index contributed by atoms with van der Waals surface area (Å²) in [5.74, 6) is -0.209. The standard InChI is InChI=1S/C21H17ClFN3O2S/c1-12-6-5-8-15(22)18(12)24-20-19(14-7-3-4-9-16(14)23)25-21-26(20)13(11-29-21)10-17(27)28-2/h3-9,11,24H,10H2,1-2H3. The van der Waals surface area contributed by atoms with Crippen molar-refractivity contribution >= 4 is 45.4 Å². The van der Waals surface area contributed by atoms with Crippen LogP contribution in [0, 0.1) is 12.7 Å². The van der Waals surface area contributed by atoms with Gasteiger partial charge in [-0.3, -0.25) is 9.20 Å². The number of para-hydroxylation sites is 1. The number of fused-ring (bicyclic) bond motifs is 1. The highest BCUT2D eigenvalue weighted by atomic mass is 35.5.